The number of nitrogens with zero attached hydrogens (tertiary/aromatic N) is 2. The van der Waals surface area contributed by atoms with Gasteiger partial charge in [-0.3, -0.25) is 4.90 Å². The summed E-state index contributed by atoms with van der Waals surface area (Å²) in [5.41, 5.74) is 4.57. The van der Waals surface area contributed by atoms with Crippen LogP contribution in [0.5, 0.6) is 0 Å². The number of hydrogen-bond donors (Lipinski definition) is 1. The lowest BCUT2D eigenvalue weighted by Crippen LogP contribution is -2.56. The van der Waals surface area contributed by atoms with Gasteiger partial charge in [-0.2, -0.15) is 17.5 Å². The maximum absolute atomic E-state index is 13.2. The maximum Gasteiger partial charge on any atom is 0.490 e. The van der Waals surface area contributed by atoms with Gasteiger partial charge in [0, 0.05) is 25.2 Å². The number of likely N-dealkylation sites (tertiary alicyclic amines) is 1. The van der Waals surface area contributed by atoms with Gasteiger partial charge in [0.15, 0.2) is 0 Å². The van der Waals surface area contributed by atoms with Crippen LogP contribution in [0.1, 0.15) is 36.8 Å². The van der Waals surface area contributed by atoms with Crippen molar-refractivity contribution < 1.29 is 31.5 Å². The number of sulfonamides is 1. The average Bonchev–Trinajstić information content (AvgIpc) is 3.30. The normalized spacial score (nSPS) is 20.2. The average molecular weight is 575 g/mol. The molecule has 0 amide bonds. The van der Waals surface area contributed by atoms with E-state index in [9.17, 15) is 21.6 Å². The van der Waals surface area contributed by atoms with Crippen molar-refractivity contribution >= 4 is 16.0 Å². The SMILES string of the molecule is O=C(O)C(F)(F)F.O=S(=O)(Cc1ccccc1)N1CCCC2(CCCN2Cc2ccc(-c3ccccc3)cc2)C1. The van der Waals surface area contributed by atoms with Crippen molar-refractivity contribution in [2.75, 3.05) is 19.6 Å². The van der Waals surface area contributed by atoms with Crippen LogP contribution in [0.3, 0.4) is 0 Å². The summed E-state index contributed by atoms with van der Waals surface area (Å²) in [5, 5.41) is 7.12. The summed E-state index contributed by atoms with van der Waals surface area (Å²) >= 11 is 0. The quantitative estimate of drug-likeness (QED) is 0.394. The Kier molecular flexibility index (Phi) is 9.33. The number of hydrogen-bond acceptors (Lipinski definition) is 4. The van der Waals surface area contributed by atoms with Crippen LogP contribution in [-0.4, -0.2) is 60.0 Å². The topological polar surface area (TPSA) is 77.9 Å². The number of rotatable bonds is 6. The van der Waals surface area contributed by atoms with Gasteiger partial charge in [-0.1, -0.05) is 84.9 Å². The predicted molar refractivity (Wildman–Crippen MR) is 148 cm³/mol. The highest BCUT2D eigenvalue weighted by Gasteiger charge is 2.46. The number of alkyl halides is 3. The van der Waals surface area contributed by atoms with E-state index >= 15 is 0 Å². The first-order valence-electron chi connectivity index (χ1n) is 13.2. The minimum absolute atomic E-state index is 0.0416. The summed E-state index contributed by atoms with van der Waals surface area (Å²) in [5.74, 6) is -2.67. The molecule has 3 aromatic carbocycles. The van der Waals surface area contributed by atoms with E-state index in [0.717, 1.165) is 44.3 Å². The third kappa shape index (κ3) is 7.50. The zero-order valence-corrected chi connectivity index (χ0v) is 22.9. The molecule has 2 saturated heterocycles. The minimum atomic E-state index is -5.08. The molecule has 214 valence electrons. The molecule has 0 saturated carbocycles. The van der Waals surface area contributed by atoms with E-state index < -0.39 is 22.2 Å². The van der Waals surface area contributed by atoms with Crippen molar-refractivity contribution in [1.29, 1.82) is 0 Å². The second kappa shape index (κ2) is 12.5. The molecule has 1 unspecified atom stereocenters. The van der Waals surface area contributed by atoms with E-state index in [-0.39, 0.29) is 11.3 Å². The Hall–Kier alpha value is -3.21. The first-order valence-corrected chi connectivity index (χ1v) is 14.8. The minimum Gasteiger partial charge on any atom is -0.475 e. The fourth-order valence-corrected chi connectivity index (χ4v) is 7.18. The molecule has 0 radical (unpaired) electrons. The smallest absolute Gasteiger partial charge is 0.475 e. The standard InChI is InChI=1S/C28H32N2O2S.C2HF3O2/c31-33(32,22-25-9-3-1-4-10-25)30-20-8-18-28(23-30)17-7-19-29(28)21-24-13-15-27(16-14-24)26-11-5-2-6-12-26;3-2(4,5)1(6)7/h1-6,9-16H,7-8,17-23H2;(H,6,7). The number of benzene rings is 3. The van der Waals surface area contributed by atoms with Gasteiger partial charge in [0.25, 0.3) is 0 Å². The Labute approximate surface area is 233 Å². The first-order chi connectivity index (χ1) is 19.0. The molecule has 2 fully saturated rings. The number of piperidine rings is 1. The van der Waals surface area contributed by atoms with Crippen LogP contribution in [0.15, 0.2) is 84.9 Å². The lowest BCUT2D eigenvalue weighted by atomic mass is 9.87. The molecule has 2 aliphatic rings. The van der Waals surface area contributed by atoms with Crippen LogP contribution < -0.4 is 0 Å². The van der Waals surface area contributed by atoms with Gasteiger partial charge < -0.3 is 5.11 Å². The van der Waals surface area contributed by atoms with Crippen LogP contribution >= 0.6 is 0 Å². The van der Waals surface area contributed by atoms with Crippen molar-refractivity contribution in [2.45, 2.75) is 49.7 Å². The Bertz CT molecular complexity index is 1370. The van der Waals surface area contributed by atoms with Gasteiger partial charge in [0.05, 0.1) is 5.75 Å². The molecule has 0 aliphatic carbocycles. The largest absolute Gasteiger partial charge is 0.490 e. The van der Waals surface area contributed by atoms with Gasteiger partial charge >= 0.3 is 12.1 Å². The molecule has 5 rings (SSSR count). The highest BCUT2D eigenvalue weighted by atomic mass is 32.2. The Balaban J connectivity index is 0.000000470. The third-order valence-corrected chi connectivity index (χ3v) is 9.32. The molecule has 1 spiro atoms. The van der Waals surface area contributed by atoms with Gasteiger partial charge in [-0.25, -0.2) is 13.2 Å². The van der Waals surface area contributed by atoms with E-state index in [1.54, 1.807) is 4.31 Å². The van der Waals surface area contributed by atoms with E-state index in [2.05, 4.69) is 53.4 Å². The van der Waals surface area contributed by atoms with Crippen molar-refractivity contribution in [1.82, 2.24) is 9.21 Å². The van der Waals surface area contributed by atoms with Crippen LogP contribution in [0, 0.1) is 0 Å². The second-order valence-corrected chi connectivity index (χ2v) is 12.3. The van der Waals surface area contributed by atoms with Crippen molar-refractivity contribution in [3.63, 3.8) is 0 Å². The molecule has 40 heavy (non-hydrogen) atoms. The van der Waals surface area contributed by atoms with Gasteiger partial charge in [-0.15, -0.1) is 0 Å². The van der Waals surface area contributed by atoms with Gasteiger partial charge in [-0.05, 0) is 54.5 Å². The maximum atomic E-state index is 13.2. The molecule has 2 aliphatic heterocycles. The molecular formula is C30H33F3N2O4S. The number of carbonyl (C=O) groups is 1. The summed E-state index contributed by atoms with van der Waals surface area (Å²) in [7, 11) is -3.33. The van der Waals surface area contributed by atoms with Gasteiger partial charge in [0.1, 0.15) is 0 Å². The van der Waals surface area contributed by atoms with Crippen LogP contribution in [0.2, 0.25) is 0 Å². The molecular weight excluding hydrogens is 541 g/mol. The molecule has 1 atom stereocenters. The van der Waals surface area contributed by atoms with E-state index in [1.165, 1.54) is 16.7 Å². The van der Waals surface area contributed by atoms with Gasteiger partial charge in [0.2, 0.25) is 10.0 Å². The number of carboxylic acid groups (broad SMARTS) is 1. The number of halogens is 3. The Morgan fingerprint density at radius 3 is 1.90 bits per heavy atom. The number of aliphatic carboxylic acids is 1. The third-order valence-electron chi connectivity index (χ3n) is 7.52. The van der Waals surface area contributed by atoms with Crippen molar-refractivity contribution in [3.8, 4) is 11.1 Å². The number of carboxylic acids is 1. The predicted octanol–water partition coefficient (Wildman–Crippen LogP) is 5.95. The van der Waals surface area contributed by atoms with E-state index in [0.29, 0.717) is 13.1 Å². The highest BCUT2D eigenvalue weighted by Crippen LogP contribution is 2.39. The lowest BCUT2D eigenvalue weighted by Gasteiger charge is -2.45. The fraction of sp³-hybridized carbons (Fsp3) is 0.367. The molecule has 6 nitrogen and oxygen atoms in total. The molecule has 0 bridgehead atoms. The van der Waals surface area contributed by atoms with E-state index in [1.807, 2.05) is 36.4 Å². The van der Waals surface area contributed by atoms with Crippen molar-refractivity contribution in [2.24, 2.45) is 0 Å². The lowest BCUT2D eigenvalue weighted by molar-refractivity contribution is -0.192. The first kappa shape index (κ1) is 29.8. The molecule has 0 aromatic heterocycles. The summed E-state index contributed by atoms with van der Waals surface area (Å²) in [4.78, 5) is 11.4. The zero-order chi connectivity index (χ0) is 28.8. The molecule has 1 N–H and O–H groups in total. The second-order valence-electron chi connectivity index (χ2n) is 10.3. The Morgan fingerprint density at radius 2 is 1.32 bits per heavy atom. The summed E-state index contributed by atoms with van der Waals surface area (Å²) in [6, 6.07) is 28.8. The summed E-state index contributed by atoms with van der Waals surface area (Å²) in [6.07, 6.45) is -0.870. The van der Waals surface area contributed by atoms with Crippen LogP contribution in [0.25, 0.3) is 11.1 Å². The van der Waals surface area contributed by atoms with Crippen molar-refractivity contribution in [3.05, 3.63) is 96.1 Å². The highest BCUT2D eigenvalue weighted by molar-refractivity contribution is 7.88. The van der Waals surface area contributed by atoms with E-state index in [4.69, 9.17) is 9.90 Å². The summed E-state index contributed by atoms with van der Waals surface area (Å²) in [6.45, 7) is 3.16. The Morgan fingerprint density at radius 1 is 0.800 bits per heavy atom. The monoisotopic (exact) mass is 574 g/mol. The molecule has 10 heteroatoms. The van der Waals surface area contributed by atoms with Crippen LogP contribution in [0.4, 0.5) is 13.2 Å². The van der Waals surface area contributed by atoms with Crippen LogP contribution in [-0.2, 0) is 27.1 Å². The molecule has 2 heterocycles. The summed E-state index contributed by atoms with van der Waals surface area (Å²) < 4.78 is 60.0. The fourth-order valence-electron chi connectivity index (χ4n) is 5.54. The zero-order valence-electron chi connectivity index (χ0n) is 22.1. The molecule has 3 aromatic rings.